The number of amides is 1. The molecule has 1 aliphatic heterocycles. The Morgan fingerprint density at radius 1 is 1.19 bits per heavy atom. The molecule has 1 aliphatic rings. The summed E-state index contributed by atoms with van der Waals surface area (Å²) in [6.45, 7) is 4.87. The number of H-pyrrole nitrogens is 1. The number of fused-ring (bicyclic) bond motifs is 1. The quantitative estimate of drug-likeness (QED) is 0.778. The molecule has 1 aromatic heterocycles. The molecule has 5 heteroatoms. The van der Waals surface area contributed by atoms with Crippen molar-refractivity contribution in [1.82, 2.24) is 14.9 Å². The molecule has 27 heavy (non-hydrogen) atoms. The van der Waals surface area contributed by atoms with E-state index in [2.05, 4.69) is 42.0 Å². The van der Waals surface area contributed by atoms with Crippen LogP contribution in [-0.4, -0.2) is 33.4 Å². The summed E-state index contributed by atoms with van der Waals surface area (Å²) in [4.78, 5) is 34.4. The van der Waals surface area contributed by atoms with E-state index in [1.165, 1.54) is 16.7 Å². The second kappa shape index (κ2) is 6.99. The number of rotatable bonds is 3. The van der Waals surface area contributed by atoms with Gasteiger partial charge in [-0.2, -0.15) is 0 Å². The van der Waals surface area contributed by atoms with Gasteiger partial charge in [0, 0.05) is 12.6 Å². The molecule has 4 rings (SSSR count). The molecule has 0 bridgehead atoms. The average molecular weight is 361 g/mol. The van der Waals surface area contributed by atoms with Crippen LogP contribution in [0, 0.1) is 13.8 Å². The lowest BCUT2D eigenvalue weighted by atomic mass is 9.99. The first-order valence-electron chi connectivity index (χ1n) is 9.39. The van der Waals surface area contributed by atoms with E-state index >= 15 is 0 Å². The van der Waals surface area contributed by atoms with Gasteiger partial charge in [-0.15, -0.1) is 0 Å². The highest BCUT2D eigenvalue weighted by Crippen LogP contribution is 2.23. The molecule has 1 atom stereocenters. The van der Waals surface area contributed by atoms with Gasteiger partial charge in [0.25, 0.3) is 11.5 Å². The fourth-order valence-electron chi connectivity index (χ4n) is 3.83. The molecule has 3 aromatic rings. The van der Waals surface area contributed by atoms with Crippen molar-refractivity contribution in [3.8, 4) is 0 Å². The second-order valence-corrected chi connectivity index (χ2v) is 7.35. The van der Waals surface area contributed by atoms with E-state index in [1.54, 1.807) is 12.1 Å². The molecule has 2 aromatic carbocycles. The molecular formula is C22H23N3O2. The van der Waals surface area contributed by atoms with E-state index in [0.29, 0.717) is 17.6 Å². The number of likely N-dealkylation sites (tertiary alicyclic amines) is 1. The van der Waals surface area contributed by atoms with Gasteiger partial charge in [0.1, 0.15) is 0 Å². The molecule has 0 saturated carbocycles. The van der Waals surface area contributed by atoms with Gasteiger partial charge in [-0.25, -0.2) is 4.98 Å². The van der Waals surface area contributed by atoms with Crippen LogP contribution in [0.5, 0.6) is 0 Å². The molecule has 5 nitrogen and oxygen atoms in total. The third-order valence-corrected chi connectivity index (χ3v) is 5.48. The Balaban J connectivity index is 1.61. The Kier molecular flexibility index (Phi) is 4.52. The van der Waals surface area contributed by atoms with Crippen LogP contribution < -0.4 is 5.56 Å². The van der Waals surface area contributed by atoms with Crippen molar-refractivity contribution >= 4 is 16.9 Å². The molecule has 1 amide bonds. The van der Waals surface area contributed by atoms with Crippen LogP contribution in [0.25, 0.3) is 11.0 Å². The third-order valence-electron chi connectivity index (χ3n) is 5.48. The number of carbonyl (C=O) groups excluding carboxylic acids is 1. The van der Waals surface area contributed by atoms with E-state index < -0.39 is 5.56 Å². The first kappa shape index (κ1) is 17.5. The second-order valence-electron chi connectivity index (χ2n) is 7.35. The first-order valence-corrected chi connectivity index (χ1v) is 9.39. The van der Waals surface area contributed by atoms with Crippen molar-refractivity contribution in [2.45, 2.75) is 39.2 Å². The molecule has 0 spiro atoms. The molecule has 0 radical (unpaired) electrons. The summed E-state index contributed by atoms with van der Waals surface area (Å²) in [5.41, 5.74) is 4.60. The minimum Gasteiger partial charge on any atom is -0.334 e. The van der Waals surface area contributed by atoms with Gasteiger partial charge in [0.05, 0.1) is 11.0 Å². The maximum Gasteiger partial charge on any atom is 0.280 e. The van der Waals surface area contributed by atoms with Crippen LogP contribution in [0.3, 0.4) is 0 Å². The molecule has 2 heterocycles. The fourth-order valence-corrected chi connectivity index (χ4v) is 3.83. The van der Waals surface area contributed by atoms with Gasteiger partial charge >= 0.3 is 0 Å². The lowest BCUT2D eigenvalue weighted by Crippen LogP contribution is -2.40. The van der Waals surface area contributed by atoms with Gasteiger partial charge in [-0.3, -0.25) is 9.59 Å². The summed E-state index contributed by atoms with van der Waals surface area (Å²) < 4.78 is 0. The van der Waals surface area contributed by atoms with E-state index in [-0.39, 0.29) is 17.6 Å². The number of para-hydroxylation sites is 2. The fraction of sp³-hybridized carbons (Fsp3) is 0.318. The largest absolute Gasteiger partial charge is 0.334 e. The van der Waals surface area contributed by atoms with E-state index in [1.807, 2.05) is 17.0 Å². The molecule has 1 unspecified atom stereocenters. The van der Waals surface area contributed by atoms with Crippen LogP contribution in [0.1, 0.15) is 40.0 Å². The maximum atomic E-state index is 13.1. The standard InChI is InChI=1S/C22H23N3O2/c1-14-9-10-16(12-15(14)2)13-17-6-5-11-25(17)22(27)20-21(26)24-19-8-4-3-7-18(19)23-20/h3-4,7-10,12,17H,5-6,11,13H2,1-2H3,(H,24,26). The zero-order chi connectivity index (χ0) is 19.0. The first-order chi connectivity index (χ1) is 13.0. The molecule has 0 aliphatic carbocycles. The monoisotopic (exact) mass is 361 g/mol. The minimum absolute atomic E-state index is 0.0133. The predicted octanol–water partition coefficient (Wildman–Crippen LogP) is 3.39. The Bertz CT molecular complexity index is 1070. The number of carbonyl (C=O) groups is 1. The Labute approximate surface area is 158 Å². The number of nitrogens with zero attached hydrogens (tertiary/aromatic N) is 2. The van der Waals surface area contributed by atoms with Crippen LogP contribution in [0.2, 0.25) is 0 Å². The van der Waals surface area contributed by atoms with Crippen molar-refractivity contribution in [2.24, 2.45) is 0 Å². The van der Waals surface area contributed by atoms with Crippen LogP contribution >= 0.6 is 0 Å². The van der Waals surface area contributed by atoms with Gasteiger partial charge in [0.2, 0.25) is 0 Å². The minimum atomic E-state index is -0.421. The summed E-state index contributed by atoms with van der Waals surface area (Å²) in [6, 6.07) is 13.8. The lowest BCUT2D eigenvalue weighted by molar-refractivity contribution is 0.0729. The Hall–Kier alpha value is -2.95. The van der Waals surface area contributed by atoms with Crippen LogP contribution in [0.4, 0.5) is 0 Å². The van der Waals surface area contributed by atoms with Crippen molar-refractivity contribution in [3.63, 3.8) is 0 Å². The normalized spacial score (nSPS) is 16.8. The molecule has 1 N–H and O–H groups in total. The summed E-state index contributed by atoms with van der Waals surface area (Å²) in [6.07, 6.45) is 2.70. The number of aromatic nitrogens is 2. The third kappa shape index (κ3) is 3.37. The lowest BCUT2D eigenvalue weighted by Gasteiger charge is -2.24. The van der Waals surface area contributed by atoms with Crippen LogP contribution in [-0.2, 0) is 6.42 Å². The van der Waals surface area contributed by atoms with Gasteiger partial charge in [0.15, 0.2) is 5.69 Å². The van der Waals surface area contributed by atoms with E-state index in [9.17, 15) is 9.59 Å². The maximum absolute atomic E-state index is 13.1. The van der Waals surface area contributed by atoms with E-state index in [0.717, 1.165) is 19.3 Å². The molecular weight excluding hydrogens is 338 g/mol. The number of benzene rings is 2. The number of hydrogen-bond donors (Lipinski definition) is 1. The summed E-state index contributed by atoms with van der Waals surface area (Å²) >= 11 is 0. The van der Waals surface area contributed by atoms with Gasteiger partial charge < -0.3 is 9.88 Å². The van der Waals surface area contributed by atoms with Gasteiger partial charge in [-0.05, 0) is 61.9 Å². The van der Waals surface area contributed by atoms with Crippen molar-refractivity contribution < 1.29 is 4.79 Å². The SMILES string of the molecule is Cc1ccc(CC2CCCN2C(=O)c2nc3ccccc3[nH]c2=O)cc1C. The number of hydrogen-bond acceptors (Lipinski definition) is 3. The zero-order valence-electron chi connectivity index (χ0n) is 15.7. The molecule has 1 fully saturated rings. The number of aryl methyl sites for hydroxylation is 2. The highest BCUT2D eigenvalue weighted by atomic mass is 16.2. The zero-order valence-corrected chi connectivity index (χ0v) is 15.7. The predicted molar refractivity (Wildman–Crippen MR) is 106 cm³/mol. The summed E-state index contributed by atoms with van der Waals surface area (Å²) in [5, 5.41) is 0. The van der Waals surface area contributed by atoms with Crippen LogP contribution in [0.15, 0.2) is 47.3 Å². The van der Waals surface area contributed by atoms with Crippen molar-refractivity contribution in [3.05, 3.63) is 75.2 Å². The molecule has 1 saturated heterocycles. The highest BCUT2D eigenvalue weighted by molar-refractivity contribution is 5.94. The number of aromatic amines is 1. The smallest absolute Gasteiger partial charge is 0.280 e. The average Bonchev–Trinajstić information content (AvgIpc) is 3.11. The highest BCUT2D eigenvalue weighted by Gasteiger charge is 2.31. The van der Waals surface area contributed by atoms with E-state index in [4.69, 9.17) is 0 Å². The molecule has 138 valence electrons. The van der Waals surface area contributed by atoms with Crippen molar-refractivity contribution in [2.75, 3.05) is 6.54 Å². The number of nitrogens with one attached hydrogen (secondary N) is 1. The Morgan fingerprint density at radius 2 is 2.00 bits per heavy atom. The summed E-state index contributed by atoms with van der Waals surface area (Å²) in [5.74, 6) is -0.270. The summed E-state index contributed by atoms with van der Waals surface area (Å²) in [7, 11) is 0. The Morgan fingerprint density at radius 3 is 2.81 bits per heavy atom. The van der Waals surface area contributed by atoms with Gasteiger partial charge in [-0.1, -0.05) is 30.3 Å². The van der Waals surface area contributed by atoms with Crippen molar-refractivity contribution in [1.29, 1.82) is 0 Å². The topological polar surface area (TPSA) is 66.1 Å².